The Hall–Kier alpha value is -2.94. The smallest absolute Gasteiger partial charge is 0.332 e. The average Bonchev–Trinajstić information content (AvgIpc) is 2.86. The van der Waals surface area contributed by atoms with E-state index in [2.05, 4.69) is 0 Å². The molecule has 1 aliphatic heterocycles. The third-order valence-electron chi connectivity index (χ3n) is 5.56. The third-order valence-corrected chi connectivity index (χ3v) is 5.79. The van der Waals surface area contributed by atoms with Crippen LogP contribution >= 0.6 is 11.6 Å². The third kappa shape index (κ3) is 3.05. The van der Waals surface area contributed by atoms with Gasteiger partial charge in [-0.15, -0.1) is 0 Å². The minimum absolute atomic E-state index is 0.0177. The van der Waals surface area contributed by atoms with Crippen LogP contribution in [-0.4, -0.2) is 46.3 Å². The Kier molecular flexibility index (Phi) is 5.12. The highest BCUT2D eigenvalue weighted by Gasteiger charge is 2.51. The molecule has 0 radical (unpaired) electrons. The van der Waals surface area contributed by atoms with Crippen LogP contribution in [0.15, 0.2) is 18.2 Å². The van der Waals surface area contributed by atoms with E-state index in [-0.39, 0.29) is 16.4 Å². The van der Waals surface area contributed by atoms with E-state index in [1.807, 2.05) is 0 Å². The number of carbonyl (C=O) groups is 3. The van der Waals surface area contributed by atoms with Gasteiger partial charge >= 0.3 is 6.03 Å². The first-order valence-electron chi connectivity index (χ1n) is 8.78. The largest absolute Gasteiger partial charge is 0.711 e. The maximum atomic E-state index is 14.9. The summed E-state index contributed by atoms with van der Waals surface area (Å²) in [4.78, 5) is 39.7. The number of carbonyl (C=O) groups excluding carboxylic acids is 3. The number of nitrogens with zero attached hydrogens (tertiary/aromatic N) is 4. The predicted octanol–water partition coefficient (Wildman–Crippen LogP) is 1.87. The molecule has 4 amide bonds. The van der Waals surface area contributed by atoms with Gasteiger partial charge in [-0.3, -0.25) is 19.4 Å². The van der Waals surface area contributed by atoms with Gasteiger partial charge in [-0.05, 0) is 12.1 Å². The maximum Gasteiger partial charge on any atom is 0.332 e. The van der Waals surface area contributed by atoms with Crippen molar-refractivity contribution < 1.29 is 23.5 Å². The van der Waals surface area contributed by atoms with E-state index in [0.29, 0.717) is 16.1 Å². The van der Waals surface area contributed by atoms with Crippen molar-refractivity contribution in [3.8, 4) is 0 Å². The summed E-state index contributed by atoms with van der Waals surface area (Å²) < 4.78 is 17.0. The zero-order chi connectivity index (χ0) is 21.8. The summed E-state index contributed by atoms with van der Waals surface area (Å²) in [7, 11) is 4.08. The SMILES string of the molecule is Cc1c(C)[n+]([O-])c(C(c2ccc(Cl)cc2F)C2C(=O)N(C)C(=O)N(C)C2=O)n1C. The van der Waals surface area contributed by atoms with E-state index < -0.39 is 35.5 Å². The monoisotopic (exact) mass is 422 g/mol. The van der Waals surface area contributed by atoms with Crippen LogP contribution in [0.5, 0.6) is 0 Å². The molecule has 1 atom stereocenters. The summed E-state index contributed by atoms with van der Waals surface area (Å²) in [5.74, 6) is -5.13. The van der Waals surface area contributed by atoms with Gasteiger partial charge in [0.2, 0.25) is 11.8 Å². The van der Waals surface area contributed by atoms with E-state index in [1.165, 1.54) is 30.8 Å². The first kappa shape index (κ1) is 20.8. The number of imide groups is 2. The number of hydrogen-bond acceptors (Lipinski definition) is 4. The van der Waals surface area contributed by atoms with E-state index in [4.69, 9.17) is 11.6 Å². The molecule has 2 heterocycles. The molecule has 1 aromatic heterocycles. The summed E-state index contributed by atoms with van der Waals surface area (Å²) in [6.45, 7) is 3.29. The van der Waals surface area contributed by atoms with Crippen LogP contribution in [0.4, 0.5) is 9.18 Å². The molecule has 2 aromatic rings. The van der Waals surface area contributed by atoms with Gasteiger partial charge in [0, 0.05) is 38.5 Å². The molecule has 8 nitrogen and oxygen atoms in total. The maximum absolute atomic E-state index is 14.9. The predicted molar refractivity (Wildman–Crippen MR) is 102 cm³/mol. The van der Waals surface area contributed by atoms with Crippen LogP contribution in [-0.2, 0) is 16.6 Å². The molecule has 3 rings (SSSR count). The molecular weight excluding hydrogens is 403 g/mol. The standard InChI is InChI=1S/C19H20ClFN4O4/c1-9-10(2)25(29)16(22(9)3)14(12-7-6-11(20)8-13(12)21)15-17(26)23(4)19(28)24(5)18(15)27/h6-8,14-15H,1-5H3. The Balaban J connectivity index is 2.33. The summed E-state index contributed by atoms with van der Waals surface area (Å²) >= 11 is 5.86. The van der Waals surface area contributed by atoms with Gasteiger partial charge in [-0.1, -0.05) is 17.7 Å². The Bertz CT molecular complexity index is 1000. The Morgan fingerprint density at radius 2 is 1.66 bits per heavy atom. The Morgan fingerprint density at radius 3 is 2.10 bits per heavy atom. The second-order valence-electron chi connectivity index (χ2n) is 7.08. The second kappa shape index (κ2) is 7.14. The lowest BCUT2D eigenvalue weighted by Gasteiger charge is -2.35. The molecule has 1 aromatic carbocycles. The zero-order valence-corrected chi connectivity index (χ0v) is 17.3. The van der Waals surface area contributed by atoms with Gasteiger partial charge in [0.15, 0.2) is 0 Å². The summed E-state index contributed by atoms with van der Waals surface area (Å²) in [6.07, 6.45) is 0. The van der Waals surface area contributed by atoms with E-state index in [0.717, 1.165) is 15.9 Å². The highest BCUT2D eigenvalue weighted by molar-refractivity contribution is 6.30. The van der Waals surface area contributed by atoms with Crippen molar-refractivity contribution in [2.75, 3.05) is 14.1 Å². The van der Waals surface area contributed by atoms with Crippen LogP contribution in [0.25, 0.3) is 0 Å². The first-order valence-corrected chi connectivity index (χ1v) is 9.16. The van der Waals surface area contributed by atoms with E-state index in [1.54, 1.807) is 20.9 Å². The molecule has 0 spiro atoms. The van der Waals surface area contributed by atoms with Crippen molar-refractivity contribution in [2.24, 2.45) is 13.0 Å². The van der Waals surface area contributed by atoms with Crippen molar-refractivity contribution in [3.05, 3.63) is 57.0 Å². The highest BCUT2D eigenvalue weighted by atomic mass is 35.5. The van der Waals surface area contributed by atoms with Gasteiger partial charge in [0.25, 0.3) is 5.82 Å². The van der Waals surface area contributed by atoms with E-state index >= 15 is 0 Å². The van der Waals surface area contributed by atoms with Gasteiger partial charge in [0.05, 0.1) is 7.05 Å². The van der Waals surface area contributed by atoms with Gasteiger partial charge in [-0.25, -0.2) is 18.5 Å². The molecule has 1 saturated heterocycles. The summed E-state index contributed by atoms with van der Waals surface area (Å²) in [5, 5.41) is 13.0. The summed E-state index contributed by atoms with van der Waals surface area (Å²) in [6, 6.07) is 3.02. The number of imidazole rings is 1. The molecule has 1 fully saturated rings. The van der Waals surface area contributed by atoms with Crippen LogP contribution in [0, 0.1) is 30.8 Å². The Morgan fingerprint density at radius 1 is 1.10 bits per heavy atom. The van der Waals surface area contributed by atoms with E-state index in [9.17, 15) is 24.0 Å². The van der Waals surface area contributed by atoms with Crippen molar-refractivity contribution in [2.45, 2.75) is 19.8 Å². The summed E-state index contributed by atoms with van der Waals surface area (Å²) in [5.41, 5.74) is 0.917. The van der Waals surface area contributed by atoms with Crippen LogP contribution in [0.1, 0.15) is 28.7 Å². The van der Waals surface area contributed by atoms with Crippen molar-refractivity contribution in [3.63, 3.8) is 0 Å². The molecule has 1 aliphatic rings. The molecular formula is C19H20ClFN4O4. The topological polar surface area (TPSA) is 89.6 Å². The molecule has 29 heavy (non-hydrogen) atoms. The molecule has 0 saturated carbocycles. The lowest BCUT2D eigenvalue weighted by Crippen LogP contribution is -2.59. The van der Waals surface area contributed by atoms with Crippen molar-refractivity contribution in [1.29, 1.82) is 0 Å². The lowest BCUT2D eigenvalue weighted by atomic mass is 9.82. The minimum Gasteiger partial charge on any atom is -0.711 e. The molecule has 10 heteroatoms. The quantitative estimate of drug-likeness (QED) is 0.429. The number of aromatic nitrogens is 2. The Labute approximate surface area is 171 Å². The number of halogens is 2. The second-order valence-corrected chi connectivity index (χ2v) is 7.52. The molecule has 0 N–H and O–H groups in total. The number of rotatable bonds is 3. The highest BCUT2D eigenvalue weighted by Crippen LogP contribution is 2.37. The van der Waals surface area contributed by atoms with Crippen molar-refractivity contribution in [1.82, 2.24) is 14.4 Å². The number of benzene rings is 1. The molecule has 154 valence electrons. The number of hydrogen-bond donors (Lipinski definition) is 0. The molecule has 1 unspecified atom stereocenters. The number of amides is 4. The normalized spacial score (nSPS) is 16.7. The number of barbiturate groups is 1. The minimum atomic E-state index is -1.49. The van der Waals surface area contributed by atoms with Crippen molar-refractivity contribution >= 4 is 29.4 Å². The molecule has 0 aliphatic carbocycles. The first-order chi connectivity index (χ1) is 13.5. The average molecular weight is 423 g/mol. The number of urea groups is 1. The van der Waals surface area contributed by atoms with Crippen LogP contribution < -0.4 is 4.73 Å². The zero-order valence-electron chi connectivity index (χ0n) is 16.6. The van der Waals surface area contributed by atoms with Gasteiger partial charge in [0.1, 0.15) is 29.0 Å². The lowest BCUT2D eigenvalue weighted by molar-refractivity contribution is -0.621. The fourth-order valence-corrected chi connectivity index (χ4v) is 3.81. The van der Waals surface area contributed by atoms with Crippen LogP contribution in [0.3, 0.4) is 0 Å². The van der Waals surface area contributed by atoms with Gasteiger partial charge in [-0.2, -0.15) is 0 Å². The fraction of sp³-hybridized carbons (Fsp3) is 0.368. The van der Waals surface area contributed by atoms with Gasteiger partial charge < -0.3 is 5.21 Å². The molecule has 0 bridgehead atoms. The van der Waals surface area contributed by atoms with Crippen LogP contribution in [0.2, 0.25) is 5.02 Å². The fourth-order valence-electron chi connectivity index (χ4n) is 3.65.